The van der Waals surface area contributed by atoms with Crippen LogP contribution in [0.25, 0.3) is 0 Å². The molecule has 1 N–H and O–H groups in total. The summed E-state index contributed by atoms with van der Waals surface area (Å²) in [5, 5.41) is 10.6. The van der Waals surface area contributed by atoms with Gasteiger partial charge in [0.25, 0.3) is 5.91 Å². The Morgan fingerprint density at radius 3 is 2.91 bits per heavy atom. The van der Waals surface area contributed by atoms with E-state index in [2.05, 4.69) is 37.4 Å². The summed E-state index contributed by atoms with van der Waals surface area (Å²) < 4.78 is 1.07. The molecule has 0 unspecified atom stereocenters. The van der Waals surface area contributed by atoms with Crippen LogP contribution in [0.3, 0.4) is 0 Å². The lowest BCUT2D eigenvalue weighted by molar-refractivity contribution is 0.0967. The van der Waals surface area contributed by atoms with Gasteiger partial charge in [-0.15, -0.1) is 0 Å². The summed E-state index contributed by atoms with van der Waals surface area (Å²) >= 11 is 3.56. The van der Waals surface area contributed by atoms with Crippen LogP contribution in [0, 0.1) is 6.92 Å². The van der Waals surface area contributed by atoms with E-state index in [1.165, 1.54) is 18.4 Å². The van der Waals surface area contributed by atoms with Gasteiger partial charge in [-0.05, 0) is 43.5 Å². The Bertz CT molecular complexity index is 741. The van der Waals surface area contributed by atoms with Crippen molar-refractivity contribution in [2.24, 2.45) is 0 Å². The largest absolute Gasteiger partial charge is 0.303 e. The number of anilines is 1. The summed E-state index contributed by atoms with van der Waals surface area (Å²) in [5.74, 6) is 0.404. The minimum atomic E-state index is -0.0378. The molecular weight excluding hydrogens is 344 g/mol. The smallest absolute Gasteiger partial charge is 0.281 e. The van der Waals surface area contributed by atoms with Crippen molar-refractivity contribution in [3.63, 3.8) is 0 Å². The highest BCUT2D eigenvalue weighted by molar-refractivity contribution is 9.10. The second-order valence-corrected chi connectivity index (χ2v) is 7.01. The van der Waals surface area contributed by atoms with Gasteiger partial charge in [0.05, 0.1) is 5.69 Å². The zero-order valence-corrected chi connectivity index (χ0v) is 13.9. The van der Waals surface area contributed by atoms with Crippen molar-refractivity contribution in [2.75, 3.05) is 4.90 Å². The number of H-pyrrole nitrogens is 1. The van der Waals surface area contributed by atoms with Gasteiger partial charge in [-0.3, -0.25) is 4.79 Å². The maximum Gasteiger partial charge on any atom is 0.281 e. The molecule has 1 aromatic heterocycles. The zero-order chi connectivity index (χ0) is 15.3. The first kappa shape index (κ1) is 13.9. The fourth-order valence-electron chi connectivity index (χ4n) is 3.86. The molecule has 114 valence electrons. The van der Waals surface area contributed by atoms with Crippen LogP contribution in [0.2, 0.25) is 0 Å². The van der Waals surface area contributed by atoms with Crippen molar-refractivity contribution in [3.8, 4) is 0 Å². The van der Waals surface area contributed by atoms with Gasteiger partial charge in [0.2, 0.25) is 0 Å². The van der Waals surface area contributed by atoms with E-state index in [1.54, 1.807) is 0 Å². The van der Waals surface area contributed by atoms with Crippen molar-refractivity contribution < 1.29 is 4.79 Å². The van der Waals surface area contributed by atoms with E-state index in [1.807, 2.05) is 24.0 Å². The number of halogens is 1. The third-order valence-electron chi connectivity index (χ3n) is 4.85. The summed E-state index contributed by atoms with van der Waals surface area (Å²) in [6, 6.07) is 6.47. The number of carbonyl (C=O) groups is 1. The summed E-state index contributed by atoms with van der Waals surface area (Å²) in [6.07, 6.45) is 4.62. The molecule has 1 amide bonds. The molecule has 5 nitrogen and oxygen atoms in total. The van der Waals surface area contributed by atoms with Crippen LogP contribution < -0.4 is 4.90 Å². The first-order valence-corrected chi connectivity index (χ1v) is 8.46. The van der Waals surface area contributed by atoms with E-state index >= 15 is 0 Å². The standard InChI is InChI=1S/C16H17BrN4O/c1-9-15(19-20-18-9)16(22)21-13-5-3-2-4-11(13)12-8-10(17)6-7-14(12)21/h6-8,11,13H,2-5H2,1H3,(H,18,19,20)/t11-,13-/m1/s1. The summed E-state index contributed by atoms with van der Waals surface area (Å²) in [4.78, 5) is 15.0. The molecule has 2 aromatic rings. The van der Waals surface area contributed by atoms with E-state index in [0.717, 1.165) is 23.0 Å². The Hall–Kier alpha value is -1.69. The molecular formula is C16H17BrN4O. The lowest BCUT2D eigenvalue weighted by atomic mass is 9.82. The monoisotopic (exact) mass is 360 g/mol. The molecule has 0 bridgehead atoms. The van der Waals surface area contributed by atoms with E-state index in [9.17, 15) is 4.79 Å². The second-order valence-electron chi connectivity index (χ2n) is 6.09. The molecule has 6 heteroatoms. The second kappa shape index (κ2) is 5.19. The van der Waals surface area contributed by atoms with Crippen LogP contribution in [0.15, 0.2) is 22.7 Å². The number of aryl methyl sites for hydroxylation is 1. The van der Waals surface area contributed by atoms with Crippen LogP contribution >= 0.6 is 15.9 Å². The quantitative estimate of drug-likeness (QED) is 0.845. The molecule has 0 radical (unpaired) electrons. The third kappa shape index (κ3) is 2.00. The minimum Gasteiger partial charge on any atom is -0.303 e. The lowest BCUT2D eigenvalue weighted by Crippen LogP contribution is -2.41. The molecule has 4 rings (SSSR count). The third-order valence-corrected chi connectivity index (χ3v) is 5.35. The highest BCUT2D eigenvalue weighted by atomic mass is 79.9. The first-order chi connectivity index (χ1) is 10.7. The maximum absolute atomic E-state index is 13.0. The SMILES string of the molecule is Cc1n[nH]nc1C(=O)N1c2ccc(Br)cc2[C@H]2CCCC[C@H]21. The highest BCUT2D eigenvalue weighted by Gasteiger charge is 2.43. The Morgan fingerprint density at radius 2 is 2.14 bits per heavy atom. The minimum absolute atomic E-state index is 0.0378. The van der Waals surface area contributed by atoms with Crippen molar-refractivity contribution in [1.29, 1.82) is 0 Å². The first-order valence-electron chi connectivity index (χ1n) is 7.67. The van der Waals surface area contributed by atoms with Crippen molar-refractivity contribution in [3.05, 3.63) is 39.6 Å². The normalized spacial score (nSPS) is 23.3. The maximum atomic E-state index is 13.0. The van der Waals surface area contributed by atoms with Gasteiger partial charge in [0.1, 0.15) is 0 Å². The average molecular weight is 361 g/mol. The molecule has 1 saturated carbocycles. The number of aromatic amines is 1. The van der Waals surface area contributed by atoms with Crippen LogP contribution in [-0.4, -0.2) is 27.4 Å². The lowest BCUT2D eigenvalue weighted by Gasteiger charge is -2.31. The van der Waals surface area contributed by atoms with Crippen LogP contribution in [0.1, 0.15) is 53.3 Å². The summed E-state index contributed by atoms with van der Waals surface area (Å²) in [7, 11) is 0. The van der Waals surface area contributed by atoms with Gasteiger partial charge >= 0.3 is 0 Å². The molecule has 22 heavy (non-hydrogen) atoms. The fraction of sp³-hybridized carbons (Fsp3) is 0.438. The summed E-state index contributed by atoms with van der Waals surface area (Å²) in [6.45, 7) is 1.81. The molecule has 2 atom stereocenters. The topological polar surface area (TPSA) is 61.9 Å². The van der Waals surface area contributed by atoms with Gasteiger partial charge in [0, 0.05) is 22.1 Å². The van der Waals surface area contributed by atoms with Crippen molar-refractivity contribution in [2.45, 2.75) is 44.6 Å². The molecule has 0 spiro atoms. The predicted octanol–water partition coefficient (Wildman–Crippen LogP) is 3.56. The van der Waals surface area contributed by atoms with E-state index in [0.29, 0.717) is 17.3 Å². The van der Waals surface area contributed by atoms with E-state index in [-0.39, 0.29) is 11.9 Å². The van der Waals surface area contributed by atoms with Gasteiger partial charge in [0.15, 0.2) is 5.69 Å². The van der Waals surface area contributed by atoms with Gasteiger partial charge in [-0.2, -0.15) is 15.4 Å². The number of benzene rings is 1. The average Bonchev–Trinajstić information content (AvgIpc) is 3.08. The molecule has 1 aliphatic heterocycles. The molecule has 1 aromatic carbocycles. The predicted molar refractivity (Wildman–Crippen MR) is 87.1 cm³/mol. The van der Waals surface area contributed by atoms with Crippen LogP contribution in [0.4, 0.5) is 5.69 Å². The molecule has 0 saturated heterocycles. The van der Waals surface area contributed by atoms with Gasteiger partial charge in [-0.1, -0.05) is 28.8 Å². The Morgan fingerprint density at radius 1 is 1.32 bits per heavy atom. The van der Waals surface area contributed by atoms with Gasteiger partial charge in [-0.25, -0.2) is 0 Å². The number of aromatic nitrogens is 3. The van der Waals surface area contributed by atoms with Crippen LogP contribution in [-0.2, 0) is 0 Å². The number of amides is 1. The number of rotatable bonds is 1. The highest BCUT2D eigenvalue weighted by Crippen LogP contribution is 2.49. The zero-order valence-electron chi connectivity index (χ0n) is 12.3. The van der Waals surface area contributed by atoms with Gasteiger partial charge < -0.3 is 4.90 Å². The Kier molecular flexibility index (Phi) is 3.29. The van der Waals surface area contributed by atoms with Crippen LogP contribution in [0.5, 0.6) is 0 Å². The van der Waals surface area contributed by atoms with E-state index < -0.39 is 0 Å². The Labute approximate surface area is 137 Å². The fourth-order valence-corrected chi connectivity index (χ4v) is 4.24. The van der Waals surface area contributed by atoms with Crippen molar-refractivity contribution in [1.82, 2.24) is 15.4 Å². The number of nitrogens with one attached hydrogen (secondary N) is 1. The Balaban J connectivity index is 1.81. The van der Waals surface area contributed by atoms with Crippen molar-refractivity contribution >= 4 is 27.5 Å². The number of carbonyl (C=O) groups excluding carboxylic acids is 1. The molecule has 2 aliphatic rings. The molecule has 2 heterocycles. The molecule has 1 fully saturated rings. The number of hydrogen-bond donors (Lipinski definition) is 1. The number of hydrogen-bond acceptors (Lipinski definition) is 3. The van der Waals surface area contributed by atoms with E-state index in [4.69, 9.17) is 0 Å². The number of nitrogens with zero attached hydrogens (tertiary/aromatic N) is 3. The number of fused-ring (bicyclic) bond motifs is 3. The molecule has 1 aliphatic carbocycles. The summed E-state index contributed by atoms with van der Waals surface area (Å²) in [5.41, 5.74) is 3.41.